The lowest BCUT2D eigenvalue weighted by Gasteiger charge is -2.16. The number of fused-ring (bicyclic) bond motifs is 3. The van der Waals surface area contributed by atoms with Gasteiger partial charge in [0.2, 0.25) is 0 Å². The van der Waals surface area contributed by atoms with Gasteiger partial charge in [-0.2, -0.15) is 13.2 Å². The zero-order chi connectivity index (χ0) is 23.1. The van der Waals surface area contributed by atoms with Crippen molar-refractivity contribution >= 4 is 15.8 Å². The number of furan rings is 2. The smallest absolute Gasteiger partial charge is 0.475 e. The first-order valence-electron chi connectivity index (χ1n) is 9.52. The molecule has 0 radical (unpaired) electrons. The Labute approximate surface area is 181 Å². The van der Waals surface area contributed by atoms with Gasteiger partial charge in [0.1, 0.15) is 5.76 Å². The molecule has 0 saturated carbocycles. The van der Waals surface area contributed by atoms with Crippen molar-refractivity contribution in [3.05, 3.63) is 66.3 Å². The predicted octanol–water partition coefficient (Wildman–Crippen LogP) is 3.93. The van der Waals surface area contributed by atoms with Gasteiger partial charge in [-0.3, -0.25) is 4.90 Å². The third-order valence-corrected chi connectivity index (χ3v) is 7.75. The number of aliphatic carboxylic acids is 1. The number of carboxylic acids is 1. The monoisotopic (exact) mass is 469 g/mol. The second kappa shape index (κ2) is 8.14. The van der Waals surface area contributed by atoms with E-state index in [2.05, 4.69) is 4.90 Å². The summed E-state index contributed by atoms with van der Waals surface area (Å²) < 4.78 is 68.2. The molecule has 3 aromatic rings. The highest BCUT2D eigenvalue weighted by Gasteiger charge is 2.50. The van der Waals surface area contributed by atoms with E-state index in [4.69, 9.17) is 18.7 Å². The Bertz CT molecular complexity index is 1200. The largest absolute Gasteiger partial charge is 0.490 e. The Morgan fingerprint density at radius 2 is 1.91 bits per heavy atom. The predicted molar refractivity (Wildman–Crippen MR) is 106 cm³/mol. The van der Waals surface area contributed by atoms with Crippen LogP contribution < -0.4 is 0 Å². The first-order chi connectivity index (χ1) is 15.1. The molecule has 1 fully saturated rings. The first-order valence-corrected chi connectivity index (χ1v) is 11.1. The van der Waals surface area contributed by atoms with Crippen molar-refractivity contribution < 1.29 is 40.3 Å². The number of halogens is 3. The van der Waals surface area contributed by atoms with Crippen LogP contribution in [0.2, 0.25) is 0 Å². The fourth-order valence-corrected chi connectivity index (χ4v) is 6.29. The summed E-state index contributed by atoms with van der Waals surface area (Å²) in [5.41, 5.74) is 2.92. The summed E-state index contributed by atoms with van der Waals surface area (Å²) in [5.74, 6) is -1.98. The molecule has 2 atom stereocenters. The molecule has 1 saturated heterocycles. The van der Waals surface area contributed by atoms with E-state index in [1.54, 1.807) is 24.9 Å². The third-order valence-electron chi connectivity index (χ3n) is 5.49. The molecule has 2 aliphatic heterocycles. The van der Waals surface area contributed by atoms with Gasteiger partial charge in [-0.25, -0.2) is 13.2 Å². The molecule has 5 rings (SSSR count). The molecule has 0 spiro atoms. The molecule has 0 amide bonds. The van der Waals surface area contributed by atoms with Crippen LogP contribution in [0, 0.1) is 0 Å². The van der Waals surface area contributed by atoms with Crippen LogP contribution in [0.5, 0.6) is 0 Å². The molecule has 4 heterocycles. The summed E-state index contributed by atoms with van der Waals surface area (Å²) in [6.45, 7) is 2.01. The number of carbonyl (C=O) groups is 1. The van der Waals surface area contributed by atoms with E-state index < -0.39 is 22.0 Å². The highest BCUT2D eigenvalue weighted by atomic mass is 32.2. The summed E-state index contributed by atoms with van der Waals surface area (Å²) in [4.78, 5) is 11.6. The lowest BCUT2D eigenvalue weighted by atomic mass is 9.96. The molecule has 170 valence electrons. The molecule has 32 heavy (non-hydrogen) atoms. The van der Waals surface area contributed by atoms with Gasteiger partial charge in [0.15, 0.2) is 9.84 Å². The van der Waals surface area contributed by atoms with E-state index in [1.165, 1.54) is 0 Å². The average molecular weight is 469 g/mol. The number of rotatable bonds is 3. The lowest BCUT2D eigenvalue weighted by Crippen LogP contribution is -2.25. The molecule has 11 heteroatoms. The van der Waals surface area contributed by atoms with E-state index in [9.17, 15) is 21.6 Å². The van der Waals surface area contributed by atoms with E-state index in [0.29, 0.717) is 18.0 Å². The lowest BCUT2D eigenvalue weighted by molar-refractivity contribution is -0.192. The number of sulfone groups is 1. The van der Waals surface area contributed by atoms with Gasteiger partial charge in [-0.15, -0.1) is 0 Å². The number of nitrogens with zero attached hydrogens (tertiary/aromatic N) is 1. The van der Waals surface area contributed by atoms with E-state index >= 15 is 0 Å². The fraction of sp³-hybridized carbons (Fsp3) is 0.286. The van der Waals surface area contributed by atoms with Gasteiger partial charge in [-0.05, 0) is 42.0 Å². The van der Waals surface area contributed by atoms with Crippen LogP contribution in [0.25, 0.3) is 11.3 Å². The maximum atomic E-state index is 12.9. The van der Waals surface area contributed by atoms with Crippen LogP contribution >= 0.6 is 0 Å². The Kier molecular flexibility index (Phi) is 5.63. The number of likely N-dealkylation sites (tertiary alicyclic amines) is 1. The van der Waals surface area contributed by atoms with Crippen LogP contribution in [0.1, 0.15) is 17.0 Å². The molecular weight excluding hydrogens is 451 g/mol. The molecule has 1 N–H and O–H groups in total. The van der Waals surface area contributed by atoms with E-state index in [1.807, 2.05) is 30.3 Å². The first kappa shape index (κ1) is 22.2. The summed E-state index contributed by atoms with van der Waals surface area (Å²) in [7, 11) is -3.28. The van der Waals surface area contributed by atoms with Crippen LogP contribution in [-0.2, 0) is 21.2 Å². The summed E-state index contributed by atoms with van der Waals surface area (Å²) in [5, 5.41) is 6.77. The molecule has 0 bridgehead atoms. The van der Waals surface area contributed by atoms with Crippen molar-refractivity contribution in [3.8, 4) is 11.3 Å². The molecule has 1 aromatic carbocycles. The Morgan fingerprint density at radius 3 is 2.50 bits per heavy atom. The number of alkyl halides is 3. The zero-order valence-electron chi connectivity index (χ0n) is 16.4. The molecule has 7 nitrogen and oxygen atoms in total. The van der Waals surface area contributed by atoms with Crippen molar-refractivity contribution in [2.24, 2.45) is 0 Å². The summed E-state index contributed by atoms with van der Waals surface area (Å²) in [6, 6.07) is 11.2. The molecule has 2 aliphatic rings. The van der Waals surface area contributed by atoms with Gasteiger partial charge in [0.05, 0.1) is 28.9 Å². The topological polar surface area (TPSA) is 101 Å². The van der Waals surface area contributed by atoms with Crippen molar-refractivity contribution in [3.63, 3.8) is 0 Å². The Morgan fingerprint density at radius 1 is 1.16 bits per heavy atom. The minimum Gasteiger partial charge on any atom is -0.475 e. The van der Waals surface area contributed by atoms with E-state index in [-0.39, 0.29) is 11.2 Å². The Hall–Kier alpha value is -3.05. The molecular formula is C21H18F3NO6S. The van der Waals surface area contributed by atoms with Gasteiger partial charge in [-0.1, -0.05) is 0 Å². The van der Waals surface area contributed by atoms with Crippen LogP contribution in [-0.4, -0.2) is 48.9 Å². The molecule has 0 aliphatic carbocycles. The van der Waals surface area contributed by atoms with Gasteiger partial charge in [0.25, 0.3) is 0 Å². The summed E-state index contributed by atoms with van der Waals surface area (Å²) >= 11 is 0. The molecule has 2 aromatic heterocycles. The maximum Gasteiger partial charge on any atom is 0.490 e. The second-order valence-corrected chi connectivity index (χ2v) is 9.68. The van der Waals surface area contributed by atoms with Crippen molar-refractivity contribution in [1.29, 1.82) is 0 Å². The van der Waals surface area contributed by atoms with Crippen LogP contribution in [0.3, 0.4) is 0 Å². The Balaban J connectivity index is 0.000000307. The van der Waals surface area contributed by atoms with Crippen molar-refractivity contribution in [1.82, 2.24) is 4.90 Å². The third kappa shape index (κ3) is 4.17. The number of benzene rings is 1. The zero-order valence-corrected chi connectivity index (χ0v) is 17.3. The molecule has 2 unspecified atom stereocenters. The number of hydrogen-bond acceptors (Lipinski definition) is 6. The standard InChI is InChI=1S/C19H17NO4S.C2HF3O2/c21-25(22)18-4-3-14(17-2-1-6-24-17)8-15(18)16-10-20(11-19(16)25)9-13-5-7-23-12-13;3-2(4,5)1(6)7/h1-8,12,16,19H,9-11H2;(H,6,7). The quantitative estimate of drug-likeness (QED) is 0.620. The second-order valence-electron chi connectivity index (χ2n) is 7.55. The SMILES string of the molecule is O=C(O)C(F)(F)F.O=S1(=O)c2ccc(-c3ccco3)cc2C2CN(Cc3ccoc3)CC21. The van der Waals surface area contributed by atoms with E-state index in [0.717, 1.165) is 29.0 Å². The van der Waals surface area contributed by atoms with Crippen molar-refractivity contribution in [2.75, 3.05) is 13.1 Å². The summed E-state index contributed by atoms with van der Waals surface area (Å²) in [6.07, 6.45) is -0.0935. The van der Waals surface area contributed by atoms with Crippen LogP contribution in [0.15, 0.2) is 68.9 Å². The highest BCUT2D eigenvalue weighted by molar-refractivity contribution is 7.92. The fourth-order valence-electron chi connectivity index (χ4n) is 4.09. The highest BCUT2D eigenvalue weighted by Crippen LogP contribution is 2.46. The average Bonchev–Trinajstić information content (AvgIpc) is 3.51. The van der Waals surface area contributed by atoms with Gasteiger partial charge in [0, 0.05) is 36.7 Å². The number of carboxylic acid groups (broad SMARTS) is 1. The minimum atomic E-state index is -5.08. The van der Waals surface area contributed by atoms with Gasteiger partial charge < -0.3 is 13.9 Å². The van der Waals surface area contributed by atoms with Crippen molar-refractivity contribution in [2.45, 2.75) is 28.8 Å². The number of hydrogen-bond donors (Lipinski definition) is 1. The maximum absolute atomic E-state index is 12.9. The normalized spacial score (nSPS) is 21.5. The van der Waals surface area contributed by atoms with Gasteiger partial charge >= 0.3 is 12.1 Å². The minimum absolute atomic E-state index is 0.0156. The van der Waals surface area contributed by atoms with Crippen LogP contribution in [0.4, 0.5) is 13.2 Å².